The molecule has 0 bridgehead atoms. The molecule has 0 aromatic carbocycles. The quantitative estimate of drug-likeness (QED) is 0.491. The Balaban J connectivity index is 3.29. The second-order valence-corrected chi connectivity index (χ2v) is 5.89. The minimum absolute atomic E-state index is 0.685. The second kappa shape index (κ2) is 4.77. The Kier molecular flexibility index (Phi) is 4.04. The van der Waals surface area contributed by atoms with Gasteiger partial charge in [-0.3, -0.25) is 0 Å². The van der Waals surface area contributed by atoms with Crippen molar-refractivity contribution in [2.24, 2.45) is 23.7 Å². The molecule has 1 aliphatic carbocycles. The average molecular weight is 220 g/mol. The van der Waals surface area contributed by atoms with E-state index in [0.29, 0.717) is 23.7 Å². The third kappa shape index (κ3) is 2.12. The van der Waals surface area contributed by atoms with Crippen molar-refractivity contribution in [3.05, 3.63) is 22.3 Å². The summed E-state index contributed by atoms with van der Waals surface area (Å²) in [7, 11) is 0. The maximum absolute atomic E-state index is 2.38. The average Bonchev–Trinajstić information content (AvgIpc) is 2.30. The van der Waals surface area contributed by atoms with Crippen LogP contribution < -0.4 is 0 Å². The van der Waals surface area contributed by atoms with Crippen LogP contribution in [0, 0.1) is 23.7 Å². The Bertz CT molecular complexity index is 264. The van der Waals surface area contributed by atoms with Gasteiger partial charge in [-0.2, -0.15) is 0 Å². The number of hydrogen-bond donors (Lipinski definition) is 0. The molecule has 0 N–H and O–H groups in total. The zero-order valence-corrected chi connectivity index (χ0v) is 12.3. The molecule has 4 atom stereocenters. The van der Waals surface area contributed by atoms with Gasteiger partial charge in [0.05, 0.1) is 0 Å². The Morgan fingerprint density at radius 2 is 0.562 bits per heavy atom. The molecule has 92 valence electrons. The molecule has 0 heterocycles. The smallest absolute Gasteiger partial charge is 0.0169 e. The summed E-state index contributed by atoms with van der Waals surface area (Å²) in [5, 5.41) is 0. The Hall–Kier alpha value is -0.520. The third-order valence-electron chi connectivity index (χ3n) is 5.48. The van der Waals surface area contributed by atoms with Crippen LogP contribution in [0.15, 0.2) is 22.3 Å². The minimum atomic E-state index is 0.685. The Morgan fingerprint density at radius 1 is 0.438 bits per heavy atom. The van der Waals surface area contributed by atoms with Crippen LogP contribution in [0.25, 0.3) is 0 Å². The van der Waals surface area contributed by atoms with Gasteiger partial charge in [-0.15, -0.1) is 0 Å². The number of rotatable bonds is 0. The van der Waals surface area contributed by atoms with E-state index in [4.69, 9.17) is 0 Å². The summed E-state index contributed by atoms with van der Waals surface area (Å²) >= 11 is 0. The highest BCUT2D eigenvalue weighted by Gasteiger charge is 2.27. The molecule has 0 saturated carbocycles. The van der Waals surface area contributed by atoms with Crippen LogP contribution >= 0.6 is 0 Å². The van der Waals surface area contributed by atoms with E-state index in [2.05, 4.69) is 55.4 Å². The SMILES string of the molecule is C/C1=C(\C)C(C)C(C)/C(C)=C(/C)C(C)C1C. The van der Waals surface area contributed by atoms with E-state index in [9.17, 15) is 0 Å². The maximum atomic E-state index is 2.38. The van der Waals surface area contributed by atoms with Crippen molar-refractivity contribution in [3.63, 3.8) is 0 Å². The molecule has 0 saturated heterocycles. The summed E-state index contributed by atoms with van der Waals surface area (Å²) in [6, 6.07) is 0. The summed E-state index contributed by atoms with van der Waals surface area (Å²) in [4.78, 5) is 0. The summed E-state index contributed by atoms with van der Waals surface area (Å²) < 4.78 is 0. The first-order valence-corrected chi connectivity index (χ1v) is 6.63. The van der Waals surface area contributed by atoms with E-state index < -0.39 is 0 Å². The van der Waals surface area contributed by atoms with Gasteiger partial charge in [0, 0.05) is 0 Å². The molecular formula is C16H28. The molecular weight excluding hydrogens is 192 g/mol. The van der Waals surface area contributed by atoms with Crippen molar-refractivity contribution in [1.29, 1.82) is 0 Å². The monoisotopic (exact) mass is 220 g/mol. The van der Waals surface area contributed by atoms with Crippen LogP contribution in [0.5, 0.6) is 0 Å². The molecule has 1 aliphatic rings. The number of hydrogen-bond acceptors (Lipinski definition) is 0. The zero-order valence-electron chi connectivity index (χ0n) is 12.3. The van der Waals surface area contributed by atoms with E-state index in [-0.39, 0.29) is 0 Å². The van der Waals surface area contributed by atoms with E-state index in [1.165, 1.54) is 0 Å². The van der Waals surface area contributed by atoms with Gasteiger partial charge in [0.1, 0.15) is 0 Å². The first-order chi connectivity index (χ1) is 7.29. The fourth-order valence-corrected chi connectivity index (χ4v) is 2.94. The maximum Gasteiger partial charge on any atom is -0.0169 e. The van der Waals surface area contributed by atoms with Crippen molar-refractivity contribution in [3.8, 4) is 0 Å². The molecule has 0 radical (unpaired) electrons. The van der Waals surface area contributed by atoms with Gasteiger partial charge in [-0.1, -0.05) is 50.0 Å². The number of allylic oxidation sites excluding steroid dienone is 4. The van der Waals surface area contributed by atoms with Crippen LogP contribution in [-0.2, 0) is 0 Å². The predicted molar refractivity (Wildman–Crippen MR) is 73.4 cm³/mol. The van der Waals surface area contributed by atoms with Gasteiger partial charge in [-0.25, -0.2) is 0 Å². The highest BCUT2D eigenvalue weighted by atomic mass is 14.3. The fourth-order valence-electron chi connectivity index (χ4n) is 2.94. The highest BCUT2D eigenvalue weighted by molar-refractivity contribution is 5.27. The molecule has 0 nitrogen and oxygen atoms in total. The molecule has 4 unspecified atom stereocenters. The van der Waals surface area contributed by atoms with Gasteiger partial charge in [0.2, 0.25) is 0 Å². The fraction of sp³-hybridized carbons (Fsp3) is 0.750. The van der Waals surface area contributed by atoms with Crippen molar-refractivity contribution in [1.82, 2.24) is 0 Å². The van der Waals surface area contributed by atoms with Gasteiger partial charge in [-0.05, 0) is 51.4 Å². The Labute approximate surface area is 102 Å². The predicted octanol–water partition coefficient (Wildman–Crippen LogP) is 5.22. The lowest BCUT2D eigenvalue weighted by molar-refractivity contribution is 0.426. The minimum Gasteiger partial charge on any atom is -0.0707 e. The Morgan fingerprint density at radius 3 is 0.688 bits per heavy atom. The van der Waals surface area contributed by atoms with E-state index in [1.54, 1.807) is 22.3 Å². The molecule has 0 aliphatic heterocycles. The van der Waals surface area contributed by atoms with E-state index in [1.807, 2.05) is 0 Å². The topological polar surface area (TPSA) is 0 Å². The molecule has 0 aromatic rings. The zero-order chi connectivity index (χ0) is 12.6. The van der Waals surface area contributed by atoms with Crippen molar-refractivity contribution < 1.29 is 0 Å². The van der Waals surface area contributed by atoms with Crippen LogP contribution in [0.4, 0.5) is 0 Å². The van der Waals surface area contributed by atoms with Gasteiger partial charge >= 0.3 is 0 Å². The van der Waals surface area contributed by atoms with Crippen molar-refractivity contribution >= 4 is 0 Å². The first kappa shape index (κ1) is 13.5. The van der Waals surface area contributed by atoms with Gasteiger partial charge in [0.15, 0.2) is 0 Å². The van der Waals surface area contributed by atoms with Crippen LogP contribution in [0.3, 0.4) is 0 Å². The molecule has 0 spiro atoms. The van der Waals surface area contributed by atoms with E-state index >= 15 is 0 Å². The summed E-state index contributed by atoms with van der Waals surface area (Å²) in [5.74, 6) is 2.74. The summed E-state index contributed by atoms with van der Waals surface area (Å²) in [6.45, 7) is 18.8. The second-order valence-electron chi connectivity index (χ2n) is 5.89. The lowest BCUT2D eigenvalue weighted by atomic mass is 9.71. The molecule has 0 fully saturated rings. The van der Waals surface area contributed by atoms with Gasteiger partial charge < -0.3 is 0 Å². The summed E-state index contributed by atoms with van der Waals surface area (Å²) in [6.07, 6.45) is 0. The normalized spacial score (nSPS) is 46.5. The molecule has 0 aromatic heterocycles. The molecule has 1 rings (SSSR count). The lowest BCUT2D eigenvalue weighted by Crippen LogP contribution is -2.22. The van der Waals surface area contributed by atoms with Crippen LogP contribution in [0.2, 0.25) is 0 Å². The van der Waals surface area contributed by atoms with Gasteiger partial charge in [0.25, 0.3) is 0 Å². The largest absolute Gasteiger partial charge is 0.0707 e. The van der Waals surface area contributed by atoms with E-state index in [0.717, 1.165) is 0 Å². The van der Waals surface area contributed by atoms with Crippen LogP contribution in [-0.4, -0.2) is 0 Å². The molecule has 0 amide bonds. The van der Waals surface area contributed by atoms with Crippen LogP contribution in [0.1, 0.15) is 55.4 Å². The summed E-state index contributed by atoms with van der Waals surface area (Å²) in [5.41, 5.74) is 6.44. The molecule has 16 heavy (non-hydrogen) atoms. The third-order valence-corrected chi connectivity index (χ3v) is 5.48. The molecule has 0 heteroatoms. The standard InChI is InChI=1S/C16H28/c1-9-10(2)12(4)14(6)16(8)15(7)13(5)11(9)3/h9-10,15-16H,1-8H3/b13-11-,14-12-. The van der Waals surface area contributed by atoms with Crippen molar-refractivity contribution in [2.75, 3.05) is 0 Å². The van der Waals surface area contributed by atoms with Crippen molar-refractivity contribution in [2.45, 2.75) is 55.4 Å². The lowest BCUT2D eigenvalue weighted by Gasteiger charge is -2.34. The highest BCUT2D eigenvalue weighted by Crippen LogP contribution is 2.39. The first-order valence-electron chi connectivity index (χ1n) is 6.63.